The lowest BCUT2D eigenvalue weighted by Crippen LogP contribution is -2.55. The summed E-state index contributed by atoms with van der Waals surface area (Å²) in [5.41, 5.74) is 0. The minimum atomic E-state index is -1.09. The molecule has 8 heteroatoms. The van der Waals surface area contributed by atoms with Gasteiger partial charge in [0.2, 0.25) is 5.91 Å². The first-order chi connectivity index (χ1) is 14.5. The van der Waals surface area contributed by atoms with Crippen LogP contribution in [0.4, 0.5) is 0 Å². The first-order valence-electron chi connectivity index (χ1n) is 11.5. The molecule has 1 saturated heterocycles. The van der Waals surface area contributed by atoms with Crippen molar-refractivity contribution in [2.45, 2.75) is 95.7 Å². The van der Waals surface area contributed by atoms with E-state index in [1.165, 1.54) is 0 Å². The number of amides is 1. The summed E-state index contributed by atoms with van der Waals surface area (Å²) >= 11 is 0. The molecule has 0 aromatic heterocycles. The third-order valence-electron chi connectivity index (χ3n) is 5.62. The molecule has 1 aliphatic heterocycles. The largest absolute Gasteiger partial charge is 0.394 e. The topological polar surface area (TPSA) is 117 Å². The van der Waals surface area contributed by atoms with Gasteiger partial charge in [0, 0.05) is 39.2 Å². The van der Waals surface area contributed by atoms with Gasteiger partial charge >= 0.3 is 0 Å². The van der Waals surface area contributed by atoms with E-state index in [4.69, 9.17) is 14.2 Å². The molecule has 0 spiro atoms. The number of hydrogen-bond acceptors (Lipinski definition) is 7. The highest BCUT2D eigenvalue weighted by Gasteiger charge is 2.42. The zero-order valence-electron chi connectivity index (χ0n) is 18.8. The summed E-state index contributed by atoms with van der Waals surface area (Å²) in [7, 11) is 1.72. The molecule has 0 aromatic rings. The Labute approximate surface area is 181 Å². The monoisotopic (exact) mass is 433 g/mol. The van der Waals surface area contributed by atoms with Crippen LogP contribution in [0.5, 0.6) is 0 Å². The number of nitrogens with one attached hydrogen (secondary N) is 1. The first-order valence-corrected chi connectivity index (χ1v) is 11.5. The fourth-order valence-electron chi connectivity index (χ4n) is 3.57. The standard InChI is InChI=1S/C22H43NO7/c1-17-20(26)21(27)18(16-24)30-22(17)29-15-11-6-3-4-8-12-19(25)23-13-9-5-7-10-14-28-2/h17-18,20-22,24,26-27H,3-16H2,1-2H3,(H,23,25)/t17?,18?,20-,21+,22-/m1/s1. The number of unbranched alkanes of at least 4 members (excludes halogenated alkanes) is 7. The average Bonchev–Trinajstić information content (AvgIpc) is 2.74. The fraction of sp³-hybridized carbons (Fsp3) is 0.955. The molecule has 0 aromatic carbocycles. The number of ether oxygens (including phenoxy) is 3. The minimum absolute atomic E-state index is 0.137. The fourth-order valence-corrected chi connectivity index (χ4v) is 3.57. The van der Waals surface area contributed by atoms with Crippen LogP contribution in [-0.4, -0.2) is 79.3 Å². The van der Waals surface area contributed by atoms with E-state index in [2.05, 4.69) is 5.32 Å². The maximum Gasteiger partial charge on any atom is 0.219 e. The smallest absolute Gasteiger partial charge is 0.219 e. The van der Waals surface area contributed by atoms with E-state index in [1.807, 2.05) is 0 Å². The quantitative estimate of drug-likeness (QED) is 0.258. The molecule has 2 unspecified atom stereocenters. The van der Waals surface area contributed by atoms with Crippen LogP contribution < -0.4 is 5.32 Å². The van der Waals surface area contributed by atoms with Crippen molar-refractivity contribution < 1.29 is 34.3 Å². The van der Waals surface area contributed by atoms with Crippen molar-refractivity contribution >= 4 is 5.91 Å². The van der Waals surface area contributed by atoms with Crippen LogP contribution in [0.1, 0.15) is 71.1 Å². The number of aliphatic hydroxyl groups excluding tert-OH is 3. The van der Waals surface area contributed by atoms with Crippen LogP contribution in [0, 0.1) is 5.92 Å². The number of methoxy groups -OCH3 is 1. The van der Waals surface area contributed by atoms with E-state index in [9.17, 15) is 20.1 Å². The van der Waals surface area contributed by atoms with E-state index >= 15 is 0 Å². The van der Waals surface area contributed by atoms with Crippen LogP contribution in [-0.2, 0) is 19.0 Å². The third kappa shape index (κ3) is 11.0. The van der Waals surface area contributed by atoms with Crippen molar-refractivity contribution in [1.82, 2.24) is 5.32 Å². The summed E-state index contributed by atoms with van der Waals surface area (Å²) in [6.07, 6.45) is 6.25. The Morgan fingerprint density at radius 3 is 2.27 bits per heavy atom. The van der Waals surface area contributed by atoms with Crippen molar-refractivity contribution in [2.75, 3.05) is 33.5 Å². The SMILES string of the molecule is COCCCCCCNC(=O)CCCCCCCO[C@@H]1OC(CO)[C@H](O)[C@H](O)C1C. The molecule has 0 bridgehead atoms. The molecule has 1 heterocycles. The molecule has 5 atom stereocenters. The highest BCUT2D eigenvalue weighted by Crippen LogP contribution is 2.26. The molecular formula is C22H43NO7. The predicted molar refractivity (Wildman–Crippen MR) is 114 cm³/mol. The van der Waals surface area contributed by atoms with Gasteiger partial charge < -0.3 is 34.8 Å². The Morgan fingerprint density at radius 1 is 0.933 bits per heavy atom. The van der Waals surface area contributed by atoms with Crippen molar-refractivity contribution in [3.63, 3.8) is 0 Å². The molecule has 1 fully saturated rings. The van der Waals surface area contributed by atoms with Gasteiger partial charge in [-0.15, -0.1) is 0 Å². The van der Waals surface area contributed by atoms with Crippen molar-refractivity contribution in [3.05, 3.63) is 0 Å². The Morgan fingerprint density at radius 2 is 1.57 bits per heavy atom. The first kappa shape index (κ1) is 27.3. The van der Waals surface area contributed by atoms with Crippen molar-refractivity contribution in [2.24, 2.45) is 5.92 Å². The summed E-state index contributed by atoms with van der Waals surface area (Å²) in [6.45, 7) is 3.48. The number of rotatable bonds is 17. The second-order valence-electron chi connectivity index (χ2n) is 8.21. The second kappa shape index (κ2) is 16.9. The van der Waals surface area contributed by atoms with Crippen molar-refractivity contribution in [3.8, 4) is 0 Å². The Bertz CT molecular complexity index is 436. The van der Waals surface area contributed by atoms with Gasteiger partial charge in [-0.25, -0.2) is 0 Å². The molecule has 4 N–H and O–H groups in total. The highest BCUT2D eigenvalue weighted by molar-refractivity contribution is 5.75. The Hall–Kier alpha value is -0.770. The summed E-state index contributed by atoms with van der Waals surface area (Å²) in [5, 5.41) is 32.1. The third-order valence-corrected chi connectivity index (χ3v) is 5.62. The Balaban J connectivity index is 1.95. The predicted octanol–water partition coefficient (Wildman–Crippen LogP) is 1.74. The van der Waals surface area contributed by atoms with Gasteiger partial charge in [-0.1, -0.05) is 39.0 Å². The van der Waals surface area contributed by atoms with Crippen LogP contribution in [0.15, 0.2) is 0 Å². The maximum absolute atomic E-state index is 11.8. The Kier molecular flexibility index (Phi) is 15.3. The van der Waals surface area contributed by atoms with Gasteiger partial charge in [0.25, 0.3) is 0 Å². The summed E-state index contributed by atoms with van der Waals surface area (Å²) < 4.78 is 16.2. The number of carbonyl (C=O) groups excluding carboxylic acids is 1. The van der Waals surface area contributed by atoms with Gasteiger partial charge in [0.05, 0.1) is 12.7 Å². The van der Waals surface area contributed by atoms with Gasteiger partial charge in [-0.3, -0.25) is 4.79 Å². The van der Waals surface area contributed by atoms with Crippen molar-refractivity contribution in [1.29, 1.82) is 0 Å². The number of hydrogen-bond donors (Lipinski definition) is 4. The van der Waals surface area contributed by atoms with Crippen LogP contribution in [0.3, 0.4) is 0 Å². The molecule has 1 amide bonds. The normalized spacial score (nSPS) is 26.6. The molecule has 0 aliphatic carbocycles. The molecule has 0 saturated carbocycles. The van der Waals surface area contributed by atoms with Crippen LogP contribution >= 0.6 is 0 Å². The molecule has 0 radical (unpaired) electrons. The number of aliphatic hydroxyl groups is 3. The van der Waals surface area contributed by atoms with Gasteiger partial charge in [0.1, 0.15) is 12.2 Å². The zero-order valence-corrected chi connectivity index (χ0v) is 18.8. The van der Waals surface area contributed by atoms with E-state index in [1.54, 1.807) is 14.0 Å². The highest BCUT2D eigenvalue weighted by atomic mass is 16.7. The molecule has 1 aliphatic rings. The van der Waals surface area contributed by atoms with E-state index in [0.717, 1.165) is 70.9 Å². The molecule has 178 valence electrons. The lowest BCUT2D eigenvalue weighted by molar-refractivity contribution is -0.282. The van der Waals surface area contributed by atoms with Gasteiger partial charge in [-0.05, 0) is 25.7 Å². The zero-order chi connectivity index (χ0) is 22.2. The molecule has 30 heavy (non-hydrogen) atoms. The molecular weight excluding hydrogens is 390 g/mol. The maximum atomic E-state index is 11.8. The van der Waals surface area contributed by atoms with Crippen LogP contribution in [0.2, 0.25) is 0 Å². The summed E-state index contributed by atoms with van der Waals surface area (Å²) in [6, 6.07) is 0. The summed E-state index contributed by atoms with van der Waals surface area (Å²) in [5.74, 6) is -0.218. The summed E-state index contributed by atoms with van der Waals surface area (Å²) in [4.78, 5) is 11.8. The van der Waals surface area contributed by atoms with Gasteiger partial charge in [0.15, 0.2) is 6.29 Å². The van der Waals surface area contributed by atoms with Crippen LogP contribution in [0.25, 0.3) is 0 Å². The minimum Gasteiger partial charge on any atom is -0.394 e. The van der Waals surface area contributed by atoms with Gasteiger partial charge in [-0.2, -0.15) is 0 Å². The second-order valence-corrected chi connectivity index (χ2v) is 8.21. The van der Waals surface area contributed by atoms with E-state index < -0.39 is 24.6 Å². The lowest BCUT2D eigenvalue weighted by atomic mass is 9.92. The lowest BCUT2D eigenvalue weighted by Gasteiger charge is -2.40. The molecule has 8 nitrogen and oxygen atoms in total. The van der Waals surface area contributed by atoms with E-state index in [0.29, 0.717) is 13.0 Å². The van der Waals surface area contributed by atoms with E-state index in [-0.39, 0.29) is 18.4 Å². The number of carbonyl (C=O) groups is 1. The average molecular weight is 434 g/mol. The molecule has 1 rings (SSSR count).